The highest BCUT2D eigenvalue weighted by molar-refractivity contribution is 7.85. The van der Waals surface area contributed by atoms with Gasteiger partial charge in [0.25, 0.3) is 0 Å². The van der Waals surface area contributed by atoms with Crippen LogP contribution in [0, 0.1) is 0 Å². The van der Waals surface area contributed by atoms with Gasteiger partial charge in [-0.25, -0.2) is 9.19 Å². The van der Waals surface area contributed by atoms with Crippen LogP contribution in [0.5, 0.6) is 0 Å². The van der Waals surface area contributed by atoms with Gasteiger partial charge in [0, 0.05) is 11.8 Å². The summed E-state index contributed by atoms with van der Waals surface area (Å²) in [5.41, 5.74) is 4.61. The number of nitrogens with zero attached hydrogens (tertiary/aromatic N) is 2. The number of rotatable bonds is 4. The van der Waals surface area contributed by atoms with Crippen molar-refractivity contribution in [2.45, 2.75) is 23.4 Å². The zero-order chi connectivity index (χ0) is 17.2. The monoisotopic (exact) mass is 347 g/mol. The minimum Gasteiger partial charge on any atom is -0.331 e. The van der Waals surface area contributed by atoms with Crippen LogP contribution in [0.3, 0.4) is 0 Å². The number of pyridine rings is 1. The summed E-state index contributed by atoms with van der Waals surface area (Å²) in [6.45, 7) is 2.11. The highest BCUT2D eigenvalue weighted by Gasteiger charge is 2.17. The Morgan fingerprint density at radius 1 is 1.04 bits per heavy atom. The van der Waals surface area contributed by atoms with E-state index < -0.39 is 10.8 Å². The van der Waals surface area contributed by atoms with E-state index in [9.17, 15) is 4.21 Å². The minimum absolute atomic E-state index is 0.459. The standard InChI is InChI=1S/C20H17N3OS/c1-2-14-11-12-21-18(13-14)15-7-3-6-10-19(15)25(24)20-22-16-8-4-5-9-17(16)23-20/h3-13H,2H2,1H3,(H,22,23). The number of aryl methyl sites for hydroxylation is 1. The van der Waals surface area contributed by atoms with Crippen molar-refractivity contribution in [2.75, 3.05) is 0 Å². The summed E-state index contributed by atoms with van der Waals surface area (Å²) >= 11 is 0. The first-order valence-corrected chi connectivity index (χ1v) is 9.32. The molecule has 1 atom stereocenters. The molecule has 2 heterocycles. The summed E-state index contributed by atoms with van der Waals surface area (Å²) in [7, 11) is -1.41. The fourth-order valence-electron chi connectivity index (χ4n) is 2.80. The molecule has 5 heteroatoms. The third kappa shape index (κ3) is 2.98. The second kappa shape index (κ2) is 6.61. The number of imidazole rings is 1. The first-order valence-electron chi connectivity index (χ1n) is 8.17. The Morgan fingerprint density at radius 3 is 2.68 bits per heavy atom. The Bertz CT molecular complexity index is 1040. The molecule has 0 aliphatic heterocycles. The predicted molar refractivity (Wildman–Crippen MR) is 99.8 cm³/mol. The molecular formula is C20H17N3OS. The van der Waals surface area contributed by atoms with Gasteiger partial charge in [0.2, 0.25) is 5.16 Å². The van der Waals surface area contributed by atoms with Crippen molar-refractivity contribution in [2.24, 2.45) is 0 Å². The summed E-state index contributed by atoms with van der Waals surface area (Å²) in [5, 5.41) is 0.459. The topological polar surface area (TPSA) is 58.6 Å². The van der Waals surface area contributed by atoms with E-state index in [0.717, 1.165) is 28.7 Å². The van der Waals surface area contributed by atoms with Crippen molar-refractivity contribution in [1.82, 2.24) is 15.0 Å². The Labute approximate surface area is 148 Å². The highest BCUT2D eigenvalue weighted by Crippen LogP contribution is 2.28. The normalized spacial score (nSPS) is 12.4. The fraction of sp³-hybridized carbons (Fsp3) is 0.100. The van der Waals surface area contributed by atoms with E-state index in [1.54, 1.807) is 6.20 Å². The number of benzene rings is 2. The molecule has 4 nitrogen and oxygen atoms in total. The smallest absolute Gasteiger partial charge is 0.202 e. The SMILES string of the molecule is CCc1ccnc(-c2ccccc2S(=O)c2nc3ccccc3[nH]2)c1. The second-order valence-electron chi connectivity index (χ2n) is 5.73. The van der Waals surface area contributed by atoms with E-state index in [2.05, 4.69) is 27.9 Å². The third-order valence-electron chi connectivity index (χ3n) is 4.14. The first kappa shape index (κ1) is 15.7. The zero-order valence-electron chi connectivity index (χ0n) is 13.8. The van der Waals surface area contributed by atoms with Crippen LogP contribution in [-0.2, 0) is 17.2 Å². The molecule has 0 bridgehead atoms. The minimum atomic E-state index is -1.41. The zero-order valence-corrected chi connectivity index (χ0v) is 14.6. The molecule has 4 aromatic rings. The van der Waals surface area contributed by atoms with Gasteiger partial charge in [0.1, 0.15) is 10.8 Å². The Balaban J connectivity index is 1.81. The van der Waals surface area contributed by atoms with E-state index in [1.165, 1.54) is 5.56 Å². The Morgan fingerprint density at radius 2 is 1.84 bits per heavy atom. The number of H-pyrrole nitrogens is 1. The summed E-state index contributed by atoms with van der Waals surface area (Å²) in [6.07, 6.45) is 2.74. The molecule has 0 saturated heterocycles. The fourth-order valence-corrected chi connectivity index (χ4v) is 3.97. The molecule has 2 aromatic heterocycles. The number of aromatic nitrogens is 3. The average molecular weight is 347 g/mol. The molecule has 2 aromatic carbocycles. The molecule has 0 amide bonds. The van der Waals surface area contributed by atoms with Gasteiger partial charge in [-0.2, -0.15) is 0 Å². The van der Waals surface area contributed by atoms with Gasteiger partial charge in [0.05, 0.1) is 21.6 Å². The van der Waals surface area contributed by atoms with Crippen molar-refractivity contribution < 1.29 is 4.21 Å². The number of hydrogen-bond donors (Lipinski definition) is 1. The molecular weight excluding hydrogens is 330 g/mol. The van der Waals surface area contributed by atoms with Crippen LogP contribution >= 0.6 is 0 Å². The predicted octanol–water partition coefficient (Wildman–Crippen LogP) is 4.35. The van der Waals surface area contributed by atoms with E-state index in [1.807, 2.05) is 54.6 Å². The molecule has 0 spiro atoms. The summed E-state index contributed by atoms with van der Waals surface area (Å²) in [5.74, 6) is 0. The first-order chi connectivity index (χ1) is 12.3. The average Bonchev–Trinajstić information content (AvgIpc) is 3.11. The van der Waals surface area contributed by atoms with E-state index in [-0.39, 0.29) is 0 Å². The van der Waals surface area contributed by atoms with Gasteiger partial charge < -0.3 is 4.98 Å². The lowest BCUT2D eigenvalue weighted by Gasteiger charge is -2.08. The van der Waals surface area contributed by atoms with Crippen molar-refractivity contribution >= 4 is 21.8 Å². The maximum atomic E-state index is 13.2. The lowest BCUT2D eigenvalue weighted by molar-refractivity contribution is 0.678. The number of aromatic amines is 1. The van der Waals surface area contributed by atoms with Gasteiger partial charge in [-0.05, 0) is 42.3 Å². The van der Waals surface area contributed by atoms with Crippen molar-refractivity contribution in [3.05, 3.63) is 72.4 Å². The molecule has 0 radical (unpaired) electrons. The lowest BCUT2D eigenvalue weighted by Crippen LogP contribution is -1.99. The Kier molecular flexibility index (Phi) is 4.15. The maximum Gasteiger partial charge on any atom is 0.202 e. The molecule has 1 N–H and O–H groups in total. The van der Waals surface area contributed by atoms with E-state index in [0.29, 0.717) is 10.1 Å². The number of nitrogens with one attached hydrogen (secondary N) is 1. The molecule has 0 saturated carbocycles. The molecule has 4 rings (SSSR count). The number of fused-ring (bicyclic) bond motifs is 1. The molecule has 124 valence electrons. The van der Waals surface area contributed by atoms with Crippen molar-refractivity contribution in [1.29, 1.82) is 0 Å². The molecule has 0 aliphatic rings. The summed E-state index contributed by atoms with van der Waals surface area (Å²) in [4.78, 5) is 12.8. The second-order valence-corrected chi connectivity index (χ2v) is 7.09. The number of para-hydroxylation sites is 2. The molecule has 0 aliphatic carbocycles. The molecule has 1 unspecified atom stereocenters. The van der Waals surface area contributed by atoms with Gasteiger partial charge in [-0.1, -0.05) is 37.3 Å². The highest BCUT2D eigenvalue weighted by atomic mass is 32.2. The summed E-state index contributed by atoms with van der Waals surface area (Å²) in [6, 6.07) is 19.4. The molecule has 25 heavy (non-hydrogen) atoms. The van der Waals surface area contributed by atoms with Gasteiger partial charge in [0.15, 0.2) is 0 Å². The van der Waals surface area contributed by atoms with Gasteiger partial charge in [-0.3, -0.25) is 4.98 Å². The van der Waals surface area contributed by atoms with Gasteiger partial charge >= 0.3 is 0 Å². The van der Waals surface area contributed by atoms with Crippen LogP contribution in [0.4, 0.5) is 0 Å². The van der Waals surface area contributed by atoms with Crippen LogP contribution in [-0.4, -0.2) is 19.2 Å². The largest absolute Gasteiger partial charge is 0.331 e. The summed E-state index contributed by atoms with van der Waals surface area (Å²) < 4.78 is 13.2. The maximum absolute atomic E-state index is 13.2. The van der Waals surface area contributed by atoms with E-state index in [4.69, 9.17) is 0 Å². The van der Waals surface area contributed by atoms with E-state index >= 15 is 0 Å². The molecule has 0 fully saturated rings. The van der Waals surface area contributed by atoms with Crippen LogP contribution in [0.15, 0.2) is 76.9 Å². The van der Waals surface area contributed by atoms with Crippen LogP contribution in [0.2, 0.25) is 0 Å². The van der Waals surface area contributed by atoms with Crippen molar-refractivity contribution in [3.8, 4) is 11.3 Å². The lowest BCUT2D eigenvalue weighted by atomic mass is 10.1. The van der Waals surface area contributed by atoms with Crippen LogP contribution < -0.4 is 0 Å². The van der Waals surface area contributed by atoms with Crippen molar-refractivity contribution in [3.63, 3.8) is 0 Å². The quantitative estimate of drug-likeness (QED) is 0.597. The van der Waals surface area contributed by atoms with Crippen LogP contribution in [0.25, 0.3) is 22.3 Å². The Hall–Kier alpha value is -2.79. The third-order valence-corrected chi connectivity index (χ3v) is 5.44. The van der Waals surface area contributed by atoms with Gasteiger partial charge in [-0.15, -0.1) is 0 Å². The van der Waals surface area contributed by atoms with Crippen LogP contribution in [0.1, 0.15) is 12.5 Å². The number of hydrogen-bond acceptors (Lipinski definition) is 3.